The average molecular weight is 335 g/mol. The van der Waals surface area contributed by atoms with E-state index in [4.69, 9.17) is 0 Å². The van der Waals surface area contributed by atoms with Crippen molar-refractivity contribution >= 4 is 22.8 Å². The van der Waals surface area contributed by atoms with E-state index in [9.17, 15) is 14.3 Å². The number of amides is 1. The molecule has 0 unspecified atom stereocenters. The molecule has 0 saturated carbocycles. The van der Waals surface area contributed by atoms with E-state index in [1.165, 1.54) is 18.2 Å². The number of aliphatic hydroxyl groups is 1. The van der Waals surface area contributed by atoms with Gasteiger partial charge < -0.3 is 10.4 Å². The van der Waals surface area contributed by atoms with E-state index < -0.39 is 11.9 Å². The van der Waals surface area contributed by atoms with E-state index in [0.29, 0.717) is 5.56 Å². The lowest BCUT2D eigenvalue weighted by atomic mass is 10.0. The zero-order chi connectivity index (χ0) is 17.6. The largest absolute Gasteiger partial charge is 0.394 e. The SMILES string of the molecule is O=C(C=Cc1ccccc1F)N[C@@H](CO)c1ccc2ccccc2c1. The van der Waals surface area contributed by atoms with Gasteiger partial charge in [-0.2, -0.15) is 0 Å². The van der Waals surface area contributed by atoms with Crippen LogP contribution < -0.4 is 5.32 Å². The molecule has 3 nitrogen and oxygen atoms in total. The standard InChI is InChI=1S/C21H18FNO2/c22-19-8-4-3-6-16(19)11-12-21(25)23-20(14-24)18-10-9-15-5-1-2-7-17(15)13-18/h1-13,20,24H,14H2,(H,23,25)/t20-/m0/s1. The fourth-order valence-corrected chi connectivity index (χ4v) is 2.65. The maximum absolute atomic E-state index is 13.6. The summed E-state index contributed by atoms with van der Waals surface area (Å²) in [5, 5.41) is 14.5. The molecule has 0 aliphatic carbocycles. The van der Waals surface area contributed by atoms with E-state index in [-0.39, 0.29) is 12.4 Å². The highest BCUT2D eigenvalue weighted by Crippen LogP contribution is 2.20. The van der Waals surface area contributed by atoms with Gasteiger partial charge in [0.25, 0.3) is 0 Å². The summed E-state index contributed by atoms with van der Waals surface area (Å²) in [5.74, 6) is -0.782. The highest BCUT2D eigenvalue weighted by atomic mass is 19.1. The molecular formula is C21H18FNO2. The molecule has 0 bridgehead atoms. The van der Waals surface area contributed by atoms with Gasteiger partial charge in [0.15, 0.2) is 0 Å². The summed E-state index contributed by atoms with van der Waals surface area (Å²) >= 11 is 0. The van der Waals surface area contributed by atoms with Crippen LogP contribution in [0.4, 0.5) is 4.39 Å². The predicted octanol–water partition coefficient (Wildman–Crippen LogP) is 3.84. The van der Waals surface area contributed by atoms with E-state index in [0.717, 1.165) is 16.3 Å². The Morgan fingerprint density at radius 3 is 2.52 bits per heavy atom. The Bertz CT molecular complexity index is 920. The molecule has 0 aliphatic heterocycles. The molecule has 126 valence electrons. The molecule has 25 heavy (non-hydrogen) atoms. The molecule has 1 atom stereocenters. The molecule has 0 aliphatic rings. The molecule has 2 N–H and O–H groups in total. The van der Waals surface area contributed by atoms with Crippen molar-refractivity contribution in [3.63, 3.8) is 0 Å². The minimum absolute atomic E-state index is 0.225. The minimum Gasteiger partial charge on any atom is -0.394 e. The summed E-state index contributed by atoms with van der Waals surface area (Å²) in [6, 6.07) is 19.3. The first kappa shape index (κ1) is 16.9. The number of benzene rings is 3. The van der Waals surface area contributed by atoms with Crippen LogP contribution in [0.25, 0.3) is 16.8 Å². The Morgan fingerprint density at radius 2 is 1.76 bits per heavy atom. The molecule has 0 radical (unpaired) electrons. The zero-order valence-corrected chi connectivity index (χ0v) is 13.5. The van der Waals surface area contributed by atoms with Gasteiger partial charge in [0, 0.05) is 11.6 Å². The number of hydrogen-bond acceptors (Lipinski definition) is 2. The molecule has 3 rings (SSSR count). The molecule has 0 aromatic heterocycles. The Morgan fingerprint density at radius 1 is 1.04 bits per heavy atom. The number of nitrogens with one attached hydrogen (secondary N) is 1. The van der Waals surface area contributed by atoms with Crippen molar-refractivity contribution in [2.24, 2.45) is 0 Å². The summed E-state index contributed by atoms with van der Waals surface area (Å²) in [6.45, 7) is -0.225. The van der Waals surface area contributed by atoms with Gasteiger partial charge in [-0.05, 0) is 34.5 Å². The number of carbonyl (C=O) groups excluding carboxylic acids is 1. The maximum Gasteiger partial charge on any atom is 0.244 e. The average Bonchev–Trinajstić information content (AvgIpc) is 2.65. The van der Waals surface area contributed by atoms with Crippen molar-refractivity contribution in [2.75, 3.05) is 6.61 Å². The van der Waals surface area contributed by atoms with Gasteiger partial charge in [-0.15, -0.1) is 0 Å². The van der Waals surface area contributed by atoms with Crippen LogP contribution in [0.1, 0.15) is 17.2 Å². The van der Waals surface area contributed by atoms with Crippen LogP contribution in [-0.4, -0.2) is 17.6 Å². The van der Waals surface area contributed by atoms with E-state index in [1.807, 2.05) is 42.5 Å². The van der Waals surface area contributed by atoms with Crippen LogP contribution >= 0.6 is 0 Å². The quantitative estimate of drug-likeness (QED) is 0.696. The second-order valence-corrected chi connectivity index (χ2v) is 5.71. The third-order valence-electron chi connectivity index (χ3n) is 3.99. The summed E-state index contributed by atoms with van der Waals surface area (Å²) in [7, 11) is 0. The number of aliphatic hydroxyl groups excluding tert-OH is 1. The van der Waals surface area contributed by atoms with Crippen molar-refractivity contribution in [3.05, 3.63) is 89.8 Å². The molecule has 0 spiro atoms. The highest BCUT2D eigenvalue weighted by Gasteiger charge is 2.12. The molecule has 0 heterocycles. The van der Waals surface area contributed by atoms with E-state index in [1.54, 1.807) is 18.2 Å². The van der Waals surface area contributed by atoms with Gasteiger partial charge >= 0.3 is 0 Å². The fraction of sp³-hybridized carbons (Fsp3) is 0.0952. The molecular weight excluding hydrogens is 317 g/mol. The van der Waals surface area contributed by atoms with E-state index in [2.05, 4.69) is 5.32 Å². The second-order valence-electron chi connectivity index (χ2n) is 5.71. The van der Waals surface area contributed by atoms with Crippen molar-refractivity contribution in [2.45, 2.75) is 6.04 Å². The van der Waals surface area contributed by atoms with Crippen molar-refractivity contribution in [1.82, 2.24) is 5.32 Å². The Hall–Kier alpha value is -2.98. The summed E-state index contributed by atoms with van der Waals surface area (Å²) < 4.78 is 13.6. The highest BCUT2D eigenvalue weighted by molar-refractivity contribution is 5.92. The first-order valence-corrected chi connectivity index (χ1v) is 8.00. The molecule has 4 heteroatoms. The van der Waals surface area contributed by atoms with Gasteiger partial charge in [-0.1, -0.05) is 54.6 Å². The monoisotopic (exact) mass is 335 g/mol. The smallest absolute Gasteiger partial charge is 0.244 e. The molecule has 3 aromatic carbocycles. The van der Waals surface area contributed by atoms with Gasteiger partial charge in [-0.25, -0.2) is 4.39 Å². The number of halogens is 1. The van der Waals surface area contributed by atoms with Gasteiger partial charge in [0.05, 0.1) is 12.6 Å². The third kappa shape index (κ3) is 4.11. The predicted molar refractivity (Wildman–Crippen MR) is 97.4 cm³/mol. The number of fused-ring (bicyclic) bond motifs is 1. The first-order valence-electron chi connectivity index (χ1n) is 8.00. The number of hydrogen-bond donors (Lipinski definition) is 2. The van der Waals surface area contributed by atoms with Gasteiger partial charge in [0.1, 0.15) is 5.82 Å². The summed E-state index contributed by atoms with van der Waals surface area (Å²) in [6.07, 6.45) is 2.68. The normalized spacial score (nSPS) is 12.4. The van der Waals surface area contributed by atoms with Crippen LogP contribution in [0.5, 0.6) is 0 Å². The maximum atomic E-state index is 13.6. The lowest BCUT2D eigenvalue weighted by molar-refractivity contribution is -0.117. The minimum atomic E-state index is -0.526. The number of rotatable bonds is 5. The number of carbonyl (C=O) groups is 1. The molecule has 0 fully saturated rings. The Labute approximate surface area is 145 Å². The lowest BCUT2D eigenvalue weighted by Crippen LogP contribution is -2.29. The van der Waals surface area contributed by atoms with Crippen LogP contribution in [0.3, 0.4) is 0 Å². The van der Waals surface area contributed by atoms with Crippen molar-refractivity contribution < 1.29 is 14.3 Å². The van der Waals surface area contributed by atoms with Gasteiger partial charge in [0.2, 0.25) is 5.91 Å². The Kier molecular flexibility index (Phi) is 5.21. The van der Waals surface area contributed by atoms with Crippen molar-refractivity contribution in [3.8, 4) is 0 Å². The van der Waals surface area contributed by atoms with Crippen LogP contribution in [0.2, 0.25) is 0 Å². The first-order chi connectivity index (χ1) is 12.2. The summed E-state index contributed by atoms with van der Waals surface area (Å²) in [5.41, 5.74) is 1.15. The van der Waals surface area contributed by atoms with E-state index >= 15 is 0 Å². The molecule has 1 amide bonds. The van der Waals surface area contributed by atoms with Crippen LogP contribution in [0.15, 0.2) is 72.8 Å². The van der Waals surface area contributed by atoms with Crippen molar-refractivity contribution in [1.29, 1.82) is 0 Å². The summed E-state index contributed by atoms with van der Waals surface area (Å²) in [4.78, 5) is 12.1. The van der Waals surface area contributed by atoms with Gasteiger partial charge in [-0.3, -0.25) is 4.79 Å². The molecule has 3 aromatic rings. The topological polar surface area (TPSA) is 49.3 Å². The zero-order valence-electron chi connectivity index (χ0n) is 13.5. The molecule has 0 saturated heterocycles. The third-order valence-corrected chi connectivity index (χ3v) is 3.99. The second kappa shape index (κ2) is 7.73. The fourth-order valence-electron chi connectivity index (χ4n) is 2.65. The van der Waals surface area contributed by atoms with Crippen LogP contribution in [-0.2, 0) is 4.79 Å². The lowest BCUT2D eigenvalue weighted by Gasteiger charge is -2.16. The van der Waals surface area contributed by atoms with Crippen LogP contribution in [0, 0.1) is 5.82 Å². The Balaban J connectivity index is 1.74.